The Balaban J connectivity index is 1.51. The number of imidazole rings is 1. The van der Waals surface area contributed by atoms with Crippen molar-refractivity contribution in [1.82, 2.24) is 9.55 Å². The van der Waals surface area contributed by atoms with Crippen molar-refractivity contribution >= 4 is 22.6 Å². The molecule has 1 N–H and O–H groups in total. The zero-order valence-electron chi connectivity index (χ0n) is 17.5. The summed E-state index contributed by atoms with van der Waals surface area (Å²) in [4.78, 5) is 16.8. The van der Waals surface area contributed by atoms with E-state index >= 15 is 0 Å². The second-order valence-electron chi connectivity index (χ2n) is 8.03. The molecule has 0 saturated heterocycles. The zero-order chi connectivity index (χ0) is 20.9. The Morgan fingerprint density at radius 1 is 0.900 bits per heavy atom. The quantitative estimate of drug-likeness (QED) is 0.429. The summed E-state index contributed by atoms with van der Waals surface area (Å²) in [6.45, 7) is 4.09. The number of carbonyl (C=O) groups is 1. The lowest BCUT2D eigenvalue weighted by Crippen LogP contribution is -2.13. The Morgan fingerprint density at radius 2 is 1.60 bits per heavy atom. The van der Waals surface area contributed by atoms with Crippen molar-refractivity contribution in [3.05, 3.63) is 90.3 Å². The van der Waals surface area contributed by atoms with Crippen LogP contribution in [0.2, 0.25) is 0 Å². The summed E-state index contributed by atoms with van der Waals surface area (Å²) in [7, 11) is 0. The standard InChI is InChI=1S/C26H27N3O/c1-19(2)18-26(30)27-21-15-12-20(13-16-21)14-17-25-28-23-10-6-7-11-24(23)29(25)22-8-4-3-5-9-22/h3-13,15-16,19H,14,17-18H2,1-2H3,(H,27,30). The molecule has 0 aliphatic carbocycles. The summed E-state index contributed by atoms with van der Waals surface area (Å²) >= 11 is 0. The molecule has 0 atom stereocenters. The maximum Gasteiger partial charge on any atom is 0.224 e. The number of aromatic nitrogens is 2. The molecule has 4 heteroatoms. The number of para-hydroxylation sites is 3. The molecule has 0 bridgehead atoms. The van der Waals surface area contributed by atoms with Crippen molar-refractivity contribution < 1.29 is 4.79 Å². The number of hydrogen-bond acceptors (Lipinski definition) is 2. The Kier molecular flexibility index (Phi) is 5.94. The smallest absolute Gasteiger partial charge is 0.224 e. The SMILES string of the molecule is CC(C)CC(=O)Nc1ccc(CCc2nc3ccccc3n2-c2ccccc2)cc1. The number of benzene rings is 3. The highest BCUT2D eigenvalue weighted by Gasteiger charge is 2.12. The fourth-order valence-corrected chi connectivity index (χ4v) is 3.70. The Bertz CT molecular complexity index is 1130. The number of hydrogen-bond donors (Lipinski definition) is 1. The minimum absolute atomic E-state index is 0.0642. The maximum absolute atomic E-state index is 12.0. The molecule has 30 heavy (non-hydrogen) atoms. The van der Waals surface area contributed by atoms with Gasteiger partial charge in [0.05, 0.1) is 11.0 Å². The number of rotatable bonds is 7. The molecular weight excluding hydrogens is 370 g/mol. The lowest BCUT2D eigenvalue weighted by atomic mass is 10.1. The number of carbonyl (C=O) groups excluding carboxylic acids is 1. The van der Waals surface area contributed by atoms with Gasteiger partial charge in [0.2, 0.25) is 5.91 Å². The molecule has 0 radical (unpaired) electrons. The van der Waals surface area contributed by atoms with Crippen molar-refractivity contribution in [2.75, 3.05) is 5.32 Å². The molecule has 4 aromatic rings. The van der Waals surface area contributed by atoms with Crippen molar-refractivity contribution in [1.29, 1.82) is 0 Å². The summed E-state index contributed by atoms with van der Waals surface area (Å²) in [5.74, 6) is 1.47. The van der Waals surface area contributed by atoms with E-state index in [0.717, 1.165) is 41.1 Å². The van der Waals surface area contributed by atoms with Gasteiger partial charge in [0.1, 0.15) is 5.82 Å². The second kappa shape index (κ2) is 8.95. The molecule has 1 heterocycles. The van der Waals surface area contributed by atoms with Crippen LogP contribution >= 0.6 is 0 Å². The van der Waals surface area contributed by atoms with E-state index in [2.05, 4.69) is 64.5 Å². The van der Waals surface area contributed by atoms with Crippen LogP contribution in [0, 0.1) is 5.92 Å². The van der Waals surface area contributed by atoms with Gasteiger partial charge < -0.3 is 5.32 Å². The molecule has 4 nitrogen and oxygen atoms in total. The third-order valence-electron chi connectivity index (χ3n) is 5.11. The Morgan fingerprint density at radius 3 is 2.33 bits per heavy atom. The van der Waals surface area contributed by atoms with Gasteiger partial charge in [-0.2, -0.15) is 0 Å². The van der Waals surface area contributed by atoms with Gasteiger partial charge in [-0.1, -0.05) is 56.3 Å². The average molecular weight is 398 g/mol. The van der Waals surface area contributed by atoms with Gasteiger partial charge in [0.25, 0.3) is 0 Å². The fraction of sp³-hybridized carbons (Fsp3) is 0.231. The average Bonchev–Trinajstić information content (AvgIpc) is 3.11. The predicted octanol–water partition coefficient (Wildman–Crippen LogP) is 5.80. The van der Waals surface area contributed by atoms with Crippen LogP contribution in [-0.4, -0.2) is 15.5 Å². The number of fused-ring (bicyclic) bond motifs is 1. The number of nitrogens with zero attached hydrogens (tertiary/aromatic N) is 2. The Labute approximate surface area is 177 Å². The number of amides is 1. The molecule has 0 saturated carbocycles. The summed E-state index contributed by atoms with van der Waals surface area (Å²) in [5.41, 5.74) is 5.34. The van der Waals surface area contributed by atoms with Gasteiger partial charge in [0, 0.05) is 24.2 Å². The van der Waals surface area contributed by atoms with Gasteiger partial charge in [-0.15, -0.1) is 0 Å². The number of anilines is 1. The number of nitrogens with one attached hydrogen (secondary N) is 1. The van der Waals surface area contributed by atoms with E-state index in [-0.39, 0.29) is 5.91 Å². The van der Waals surface area contributed by atoms with Crippen LogP contribution in [-0.2, 0) is 17.6 Å². The van der Waals surface area contributed by atoms with Crippen LogP contribution < -0.4 is 5.32 Å². The van der Waals surface area contributed by atoms with Crippen molar-refractivity contribution in [3.63, 3.8) is 0 Å². The molecule has 4 rings (SSSR count). The van der Waals surface area contributed by atoms with E-state index in [9.17, 15) is 4.79 Å². The van der Waals surface area contributed by atoms with Gasteiger partial charge in [-0.05, 0) is 54.3 Å². The van der Waals surface area contributed by atoms with Crippen LogP contribution in [0.25, 0.3) is 16.7 Å². The maximum atomic E-state index is 12.0. The summed E-state index contributed by atoms with van der Waals surface area (Å²) in [5, 5.41) is 2.97. The third-order valence-corrected chi connectivity index (χ3v) is 5.11. The van der Waals surface area contributed by atoms with E-state index in [1.54, 1.807) is 0 Å². The molecule has 1 aromatic heterocycles. The first-order valence-electron chi connectivity index (χ1n) is 10.5. The summed E-state index contributed by atoms with van der Waals surface area (Å²) < 4.78 is 2.25. The van der Waals surface area contributed by atoms with Gasteiger partial charge in [0.15, 0.2) is 0 Å². The van der Waals surface area contributed by atoms with E-state index in [0.29, 0.717) is 12.3 Å². The highest BCUT2D eigenvalue weighted by molar-refractivity contribution is 5.90. The molecular formula is C26H27N3O. The van der Waals surface area contributed by atoms with Gasteiger partial charge >= 0.3 is 0 Å². The normalized spacial score (nSPS) is 11.2. The Hall–Kier alpha value is -3.40. The first kappa shape index (κ1) is 19.9. The molecule has 3 aromatic carbocycles. The second-order valence-corrected chi connectivity index (χ2v) is 8.03. The molecule has 0 spiro atoms. The fourth-order valence-electron chi connectivity index (χ4n) is 3.70. The minimum atomic E-state index is 0.0642. The molecule has 0 unspecified atom stereocenters. The molecule has 1 amide bonds. The summed E-state index contributed by atoms with van der Waals surface area (Å²) in [6, 6.07) is 26.8. The molecule has 152 valence electrons. The minimum Gasteiger partial charge on any atom is -0.326 e. The number of aryl methyl sites for hydroxylation is 2. The third kappa shape index (κ3) is 4.60. The van der Waals surface area contributed by atoms with Gasteiger partial charge in [-0.25, -0.2) is 4.98 Å². The van der Waals surface area contributed by atoms with E-state index in [1.807, 2.05) is 38.1 Å². The summed E-state index contributed by atoms with van der Waals surface area (Å²) in [6.07, 6.45) is 2.26. The lowest BCUT2D eigenvalue weighted by molar-refractivity contribution is -0.116. The highest BCUT2D eigenvalue weighted by atomic mass is 16.1. The highest BCUT2D eigenvalue weighted by Crippen LogP contribution is 2.23. The predicted molar refractivity (Wildman–Crippen MR) is 123 cm³/mol. The topological polar surface area (TPSA) is 46.9 Å². The van der Waals surface area contributed by atoms with E-state index in [4.69, 9.17) is 4.98 Å². The van der Waals surface area contributed by atoms with Crippen LogP contribution in [0.4, 0.5) is 5.69 Å². The molecule has 0 fully saturated rings. The van der Waals surface area contributed by atoms with Crippen LogP contribution in [0.3, 0.4) is 0 Å². The first-order chi connectivity index (χ1) is 14.6. The van der Waals surface area contributed by atoms with Crippen LogP contribution in [0.15, 0.2) is 78.9 Å². The van der Waals surface area contributed by atoms with Gasteiger partial charge in [-0.3, -0.25) is 9.36 Å². The van der Waals surface area contributed by atoms with E-state index < -0.39 is 0 Å². The largest absolute Gasteiger partial charge is 0.326 e. The lowest BCUT2D eigenvalue weighted by Gasteiger charge is -2.10. The van der Waals surface area contributed by atoms with Crippen LogP contribution in [0.1, 0.15) is 31.7 Å². The first-order valence-corrected chi connectivity index (χ1v) is 10.5. The monoisotopic (exact) mass is 397 g/mol. The zero-order valence-corrected chi connectivity index (χ0v) is 17.5. The van der Waals surface area contributed by atoms with Crippen molar-refractivity contribution in [2.45, 2.75) is 33.1 Å². The van der Waals surface area contributed by atoms with E-state index in [1.165, 1.54) is 5.56 Å². The molecule has 0 aliphatic rings. The van der Waals surface area contributed by atoms with Crippen molar-refractivity contribution in [3.8, 4) is 5.69 Å². The van der Waals surface area contributed by atoms with Crippen LogP contribution in [0.5, 0.6) is 0 Å². The van der Waals surface area contributed by atoms with Crippen molar-refractivity contribution in [2.24, 2.45) is 5.92 Å². The molecule has 0 aliphatic heterocycles.